The van der Waals surface area contributed by atoms with Gasteiger partial charge in [-0.3, -0.25) is 9.59 Å². The van der Waals surface area contributed by atoms with E-state index in [0.29, 0.717) is 25.9 Å². The normalized spacial score (nSPS) is 12.6. The molecule has 0 rings (SSSR count). The minimum Gasteiger partial charge on any atom is -0.466 e. The predicted molar refractivity (Wildman–Crippen MR) is 297 cm³/mol. The van der Waals surface area contributed by atoms with Crippen molar-refractivity contribution in [3.63, 3.8) is 0 Å². The van der Waals surface area contributed by atoms with Crippen LogP contribution in [-0.4, -0.2) is 47.4 Å². The van der Waals surface area contributed by atoms with E-state index in [0.717, 1.165) is 38.5 Å². The largest absolute Gasteiger partial charge is 0.466 e. The first-order valence-corrected chi connectivity index (χ1v) is 30.9. The molecule has 6 nitrogen and oxygen atoms in total. The number of unbranched alkanes of at least 4 members (excludes halogenated alkanes) is 45. The van der Waals surface area contributed by atoms with Crippen molar-refractivity contribution in [2.45, 2.75) is 360 Å². The molecule has 1 amide bonds. The molecule has 0 saturated carbocycles. The summed E-state index contributed by atoms with van der Waals surface area (Å²) in [5.74, 6) is -0.0182. The molecular weight excluding hydrogens is 839 g/mol. The fourth-order valence-electron chi connectivity index (χ4n) is 9.81. The minimum absolute atomic E-state index is 0.0171. The molecule has 0 fully saturated rings. The third-order valence-electron chi connectivity index (χ3n) is 14.6. The molecule has 0 bridgehead atoms. The van der Waals surface area contributed by atoms with Gasteiger partial charge in [-0.25, -0.2) is 0 Å². The summed E-state index contributed by atoms with van der Waals surface area (Å²) in [5.41, 5.74) is 0. The highest BCUT2D eigenvalue weighted by atomic mass is 16.5. The van der Waals surface area contributed by atoms with Crippen molar-refractivity contribution in [3.05, 3.63) is 12.2 Å². The molecule has 2 unspecified atom stereocenters. The molecular formula is C62H121NO5. The number of allylic oxidation sites excluding steroid dienone is 2. The number of carbonyl (C=O) groups is 2. The molecule has 0 aliphatic carbocycles. The van der Waals surface area contributed by atoms with Gasteiger partial charge in [0.2, 0.25) is 5.91 Å². The lowest BCUT2D eigenvalue weighted by Crippen LogP contribution is -2.45. The van der Waals surface area contributed by atoms with Crippen LogP contribution in [0.2, 0.25) is 0 Å². The van der Waals surface area contributed by atoms with E-state index in [4.69, 9.17) is 4.74 Å². The summed E-state index contributed by atoms with van der Waals surface area (Å²) in [5, 5.41) is 23.2. The van der Waals surface area contributed by atoms with Crippen LogP contribution in [0.1, 0.15) is 348 Å². The van der Waals surface area contributed by atoms with Crippen LogP contribution in [0.4, 0.5) is 0 Å². The van der Waals surface area contributed by atoms with E-state index in [2.05, 4.69) is 31.3 Å². The molecule has 0 aliphatic rings. The fraction of sp³-hybridized carbons (Fsp3) is 0.935. The Balaban J connectivity index is 3.35. The number of nitrogens with one attached hydrogen (secondary N) is 1. The summed E-state index contributed by atoms with van der Waals surface area (Å²) in [6, 6.07) is -0.540. The summed E-state index contributed by atoms with van der Waals surface area (Å²) in [6.45, 7) is 4.96. The molecule has 0 aromatic carbocycles. The van der Waals surface area contributed by atoms with Gasteiger partial charge in [0.05, 0.1) is 25.4 Å². The smallest absolute Gasteiger partial charge is 0.305 e. The Morgan fingerprint density at radius 1 is 0.397 bits per heavy atom. The molecule has 6 heteroatoms. The number of amides is 1. The predicted octanol–water partition coefficient (Wildman–Crippen LogP) is 19.2. The van der Waals surface area contributed by atoms with Gasteiger partial charge < -0.3 is 20.3 Å². The maximum absolute atomic E-state index is 12.4. The number of carbonyl (C=O) groups excluding carboxylic acids is 2. The zero-order chi connectivity index (χ0) is 49.3. The SMILES string of the molecule is CCCCCCCCCCCCCCCC(=O)OCCCCCCCCCCCCCC/C=C\CCCCCCCCCCCCCC(=O)NC(CO)C(O)CCCCCCCCCCCCC. The Morgan fingerprint density at radius 2 is 0.691 bits per heavy atom. The molecule has 0 saturated heterocycles. The van der Waals surface area contributed by atoms with Gasteiger partial charge >= 0.3 is 5.97 Å². The molecule has 3 N–H and O–H groups in total. The lowest BCUT2D eigenvalue weighted by molar-refractivity contribution is -0.143. The van der Waals surface area contributed by atoms with E-state index in [1.54, 1.807) is 0 Å². The average molecular weight is 961 g/mol. The van der Waals surface area contributed by atoms with E-state index < -0.39 is 12.1 Å². The highest BCUT2D eigenvalue weighted by Crippen LogP contribution is 2.18. The van der Waals surface area contributed by atoms with Gasteiger partial charge in [0, 0.05) is 12.8 Å². The van der Waals surface area contributed by atoms with Gasteiger partial charge in [-0.15, -0.1) is 0 Å². The van der Waals surface area contributed by atoms with Crippen LogP contribution >= 0.6 is 0 Å². The fourth-order valence-corrected chi connectivity index (χ4v) is 9.81. The lowest BCUT2D eigenvalue weighted by atomic mass is 10.0. The first-order chi connectivity index (χ1) is 33.5. The van der Waals surface area contributed by atoms with Crippen LogP contribution in [0, 0.1) is 0 Å². The van der Waals surface area contributed by atoms with Crippen molar-refractivity contribution in [1.29, 1.82) is 0 Å². The van der Waals surface area contributed by atoms with E-state index >= 15 is 0 Å². The van der Waals surface area contributed by atoms with Gasteiger partial charge in [-0.2, -0.15) is 0 Å². The zero-order valence-electron chi connectivity index (χ0n) is 46.1. The quantitative estimate of drug-likeness (QED) is 0.0321. The van der Waals surface area contributed by atoms with Crippen LogP contribution < -0.4 is 5.32 Å². The number of aliphatic hydroxyl groups excluding tert-OH is 2. The molecule has 0 aromatic heterocycles. The Labute approximate surface area is 425 Å². The lowest BCUT2D eigenvalue weighted by Gasteiger charge is -2.22. The molecule has 0 heterocycles. The maximum atomic E-state index is 12.4. The Kier molecular flexibility index (Phi) is 57.0. The van der Waals surface area contributed by atoms with E-state index in [1.807, 2.05) is 0 Å². The van der Waals surface area contributed by atoms with Crippen molar-refractivity contribution >= 4 is 11.9 Å². The monoisotopic (exact) mass is 960 g/mol. The molecule has 404 valence electrons. The second-order valence-electron chi connectivity index (χ2n) is 21.4. The highest BCUT2D eigenvalue weighted by molar-refractivity contribution is 5.76. The van der Waals surface area contributed by atoms with Gasteiger partial charge in [-0.05, 0) is 51.4 Å². The summed E-state index contributed by atoms with van der Waals surface area (Å²) in [6.07, 6.45) is 69.5. The minimum atomic E-state index is -0.662. The van der Waals surface area contributed by atoms with Crippen molar-refractivity contribution in [3.8, 4) is 0 Å². The number of hydrogen-bond acceptors (Lipinski definition) is 5. The Hall–Kier alpha value is -1.40. The Morgan fingerprint density at radius 3 is 1.04 bits per heavy atom. The number of esters is 1. The van der Waals surface area contributed by atoms with Gasteiger partial charge in [-0.1, -0.05) is 296 Å². The summed E-state index contributed by atoms with van der Waals surface area (Å²) < 4.78 is 5.48. The molecule has 0 spiro atoms. The first-order valence-electron chi connectivity index (χ1n) is 30.9. The van der Waals surface area contributed by atoms with Crippen LogP contribution in [0.25, 0.3) is 0 Å². The molecule has 2 atom stereocenters. The number of aliphatic hydroxyl groups is 2. The number of rotatable bonds is 58. The van der Waals surface area contributed by atoms with Crippen LogP contribution in [0.3, 0.4) is 0 Å². The Bertz CT molecular complexity index is 1020. The van der Waals surface area contributed by atoms with E-state index in [-0.39, 0.29) is 18.5 Å². The average Bonchev–Trinajstić information content (AvgIpc) is 3.34. The second kappa shape index (κ2) is 58.2. The zero-order valence-corrected chi connectivity index (χ0v) is 46.1. The van der Waals surface area contributed by atoms with Crippen molar-refractivity contribution < 1.29 is 24.5 Å². The number of ether oxygens (including phenoxy) is 1. The topological polar surface area (TPSA) is 95.9 Å². The third-order valence-corrected chi connectivity index (χ3v) is 14.6. The van der Waals surface area contributed by atoms with Crippen molar-refractivity contribution in [2.24, 2.45) is 0 Å². The summed E-state index contributed by atoms with van der Waals surface area (Å²) in [7, 11) is 0. The van der Waals surface area contributed by atoms with Crippen LogP contribution in [-0.2, 0) is 14.3 Å². The van der Waals surface area contributed by atoms with E-state index in [9.17, 15) is 19.8 Å². The van der Waals surface area contributed by atoms with Crippen molar-refractivity contribution in [1.82, 2.24) is 5.32 Å². The molecule has 68 heavy (non-hydrogen) atoms. The van der Waals surface area contributed by atoms with Crippen LogP contribution in [0.15, 0.2) is 12.2 Å². The van der Waals surface area contributed by atoms with Crippen LogP contribution in [0.5, 0.6) is 0 Å². The van der Waals surface area contributed by atoms with Gasteiger partial charge in [0.25, 0.3) is 0 Å². The van der Waals surface area contributed by atoms with Gasteiger partial charge in [0.15, 0.2) is 0 Å². The highest BCUT2D eigenvalue weighted by Gasteiger charge is 2.20. The first kappa shape index (κ1) is 66.6. The van der Waals surface area contributed by atoms with Gasteiger partial charge in [0.1, 0.15) is 0 Å². The maximum Gasteiger partial charge on any atom is 0.305 e. The molecule has 0 aliphatic heterocycles. The molecule has 0 aromatic rings. The standard InChI is InChI=1S/C62H121NO5/c1-3-5-7-9-11-13-15-31-36-40-44-48-52-56-62(67)68-57-53-49-45-41-37-33-30-28-26-24-22-20-18-16-17-19-21-23-25-27-29-32-35-39-43-47-51-55-61(66)63-59(58-64)60(65)54-50-46-42-38-34-14-12-10-8-6-4-2/h16-17,59-60,64-65H,3-15,18-58H2,1-2H3,(H,63,66)/b17-16-. The second-order valence-corrected chi connectivity index (χ2v) is 21.4. The summed E-state index contributed by atoms with van der Waals surface area (Å²) in [4.78, 5) is 24.5. The number of hydrogen-bond donors (Lipinski definition) is 3. The van der Waals surface area contributed by atoms with Crippen molar-refractivity contribution in [2.75, 3.05) is 13.2 Å². The van der Waals surface area contributed by atoms with E-state index in [1.165, 1.54) is 276 Å². The summed E-state index contributed by atoms with van der Waals surface area (Å²) >= 11 is 0. The molecule has 0 radical (unpaired) electrons. The third kappa shape index (κ3) is 53.9.